The number of aryl methyl sites for hydroxylation is 1. The van der Waals surface area contributed by atoms with Crippen molar-refractivity contribution in [2.75, 3.05) is 12.5 Å². The summed E-state index contributed by atoms with van der Waals surface area (Å²) in [6, 6.07) is 13.6. The van der Waals surface area contributed by atoms with Gasteiger partial charge in [0, 0.05) is 5.56 Å². The molecule has 1 heterocycles. The summed E-state index contributed by atoms with van der Waals surface area (Å²) in [6.45, 7) is 2.42. The molecule has 0 saturated carbocycles. The quantitative estimate of drug-likeness (QED) is 0.467. The van der Waals surface area contributed by atoms with Gasteiger partial charge in [-0.2, -0.15) is 10.2 Å². The highest BCUT2D eigenvalue weighted by Crippen LogP contribution is 2.31. The molecule has 2 N–H and O–H groups in total. The van der Waals surface area contributed by atoms with Crippen molar-refractivity contribution in [1.82, 2.24) is 10.2 Å². The predicted octanol–water partition coefficient (Wildman–Crippen LogP) is 3.77. The summed E-state index contributed by atoms with van der Waals surface area (Å²) >= 11 is 5.92. The largest absolute Gasteiger partial charge is 0.493 e. The standard InChI is InChI=1S/C20H19ClN4O3/c1-13-5-3-6-14(9-13)12-28-19-15(7-4-8-17(19)27-2)10-22-24-16-11-23-25-20(26)18(16)21/h3-11H,12H2,1-2H3,(H2,24,25,26)/b22-10-. The zero-order valence-corrected chi connectivity index (χ0v) is 16.2. The van der Waals surface area contributed by atoms with Crippen molar-refractivity contribution in [3.63, 3.8) is 0 Å². The van der Waals surface area contributed by atoms with Crippen LogP contribution in [0.25, 0.3) is 0 Å². The van der Waals surface area contributed by atoms with Crippen LogP contribution < -0.4 is 20.5 Å². The van der Waals surface area contributed by atoms with Crippen molar-refractivity contribution in [2.45, 2.75) is 13.5 Å². The molecule has 0 spiro atoms. The summed E-state index contributed by atoms with van der Waals surface area (Å²) in [5.74, 6) is 1.15. The Morgan fingerprint density at radius 2 is 2.11 bits per heavy atom. The predicted molar refractivity (Wildman–Crippen MR) is 110 cm³/mol. The molecule has 0 atom stereocenters. The monoisotopic (exact) mass is 398 g/mol. The lowest BCUT2D eigenvalue weighted by Crippen LogP contribution is -2.10. The molecule has 1 aromatic heterocycles. The number of halogens is 1. The maximum atomic E-state index is 11.5. The fourth-order valence-corrected chi connectivity index (χ4v) is 2.67. The van der Waals surface area contributed by atoms with E-state index in [0.29, 0.717) is 29.4 Å². The van der Waals surface area contributed by atoms with Gasteiger partial charge in [-0.1, -0.05) is 47.5 Å². The van der Waals surface area contributed by atoms with E-state index >= 15 is 0 Å². The maximum Gasteiger partial charge on any atom is 0.285 e. The van der Waals surface area contributed by atoms with Gasteiger partial charge in [0.25, 0.3) is 5.56 Å². The van der Waals surface area contributed by atoms with Crippen molar-refractivity contribution in [2.24, 2.45) is 5.10 Å². The van der Waals surface area contributed by atoms with Crippen molar-refractivity contribution in [3.05, 3.63) is 80.7 Å². The molecular weight excluding hydrogens is 380 g/mol. The highest BCUT2D eigenvalue weighted by atomic mass is 35.5. The number of anilines is 1. The summed E-state index contributed by atoms with van der Waals surface area (Å²) in [7, 11) is 1.58. The molecule has 0 fully saturated rings. The molecule has 144 valence electrons. The Balaban J connectivity index is 1.80. The number of aromatic amines is 1. The number of para-hydroxylation sites is 1. The van der Waals surface area contributed by atoms with Gasteiger partial charge in [0.15, 0.2) is 11.5 Å². The SMILES string of the molecule is COc1cccc(/C=N\Nc2cn[nH]c(=O)c2Cl)c1OCc1cccc(C)c1. The number of H-pyrrole nitrogens is 1. The number of methoxy groups -OCH3 is 1. The smallest absolute Gasteiger partial charge is 0.285 e. The number of rotatable bonds is 7. The van der Waals surface area contributed by atoms with Gasteiger partial charge in [0.2, 0.25) is 0 Å². The fraction of sp³-hybridized carbons (Fsp3) is 0.150. The molecule has 7 nitrogen and oxygen atoms in total. The second-order valence-corrected chi connectivity index (χ2v) is 6.33. The first-order chi connectivity index (χ1) is 13.6. The summed E-state index contributed by atoms with van der Waals surface area (Å²) in [5.41, 5.74) is 5.42. The Kier molecular flexibility index (Phi) is 6.29. The maximum absolute atomic E-state index is 11.5. The number of hydrogen-bond acceptors (Lipinski definition) is 6. The van der Waals surface area contributed by atoms with Crippen LogP contribution in [0, 0.1) is 6.92 Å². The molecule has 0 amide bonds. The van der Waals surface area contributed by atoms with Gasteiger partial charge in [-0.3, -0.25) is 10.2 Å². The third kappa shape index (κ3) is 4.69. The van der Waals surface area contributed by atoms with Gasteiger partial charge in [0.1, 0.15) is 17.3 Å². The number of aromatic nitrogens is 2. The van der Waals surface area contributed by atoms with Crippen LogP contribution in [-0.4, -0.2) is 23.5 Å². The lowest BCUT2D eigenvalue weighted by atomic mass is 10.1. The Morgan fingerprint density at radius 3 is 2.89 bits per heavy atom. The van der Waals surface area contributed by atoms with Gasteiger partial charge in [-0.05, 0) is 24.6 Å². The van der Waals surface area contributed by atoms with Crippen molar-refractivity contribution in [3.8, 4) is 11.5 Å². The molecule has 0 bridgehead atoms. The van der Waals surface area contributed by atoms with Gasteiger partial charge in [-0.25, -0.2) is 5.10 Å². The van der Waals surface area contributed by atoms with Crippen molar-refractivity contribution >= 4 is 23.5 Å². The number of nitrogens with zero attached hydrogens (tertiary/aromatic N) is 2. The van der Waals surface area contributed by atoms with Crippen LogP contribution in [0.4, 0.5) is 5.69 Å². The van der Waals surface area contributed by atoms with Crippen molar-refractivity contribution in [1.29, 1.82) is 0 Å². The first-order valence-corrected chi connectivity index (χ1v) is 8.84. The van der Waals surface area contributed by atoms with Crippen LogP contribution in [0.2, 0.25) is 5.02 Å². The number of nitrogens with one attached hydrogen (secondary N) is 2. The summed E-state index contributed by atoms with van der Waals surface area (Å²) in [4.78, 5) is 11.5. The molecule has 0 aliphatic rings. The molecule has 3 aromatic rings. The second-order valence-electron chi connectivity index (χ2n) is 5.95. The minimum absolute atomic E-state index is 0.0197. The molecule has 28 heavy (non-hydrogen) atoms. The van der Waals surface area contributed by atoms with Crippen LogP contribution in [0.1, 0.15) is 16.7 Å². The Bertz CT molecular complexity index is 1050. The van der Waals surface area contributed by atoms with Crippen LogP contribution in [0.15, 0.2) is 58.6 Å². The molecule has 0 radical (unpaired) electrons. The van der Waals surface area contributed by atoms with Gasteiger partial charge < -0.3 is 9.47 Å². The van der Waals surface area contributed by atoms with Crippen molar-refractivity contribution < 1.29 is 9.47 Å². The second kappa shape index (κ2) is 9.05. The van der Waals surface area contributed by atoms with E-state index in [1.807, 2.05) is 43.3 Å². The highest BCUT2D eigenvalue weighted by Gasteiger charge is 2.10. The van der Waals surface area contributed by atoms with E-state index in [1.165, 1.54) is 6.20 Å². The number of hydrazone groups is 1. The normalized spacial score (nSPS) is 10.8. The average molecular weight is 399 g/mol. The molecule has 0 unspecified atom stereocenters. The molecule has 2 aromatic carbocycles. The number of benzene rings is 2. The van der Waals surface area contributed by atoms with E-state index in [-0.39, 0.29) is 5.02 Å². The molecule has 0 aliphatic heterocycles. The first kappa shape index (κ1) is 19.4. The molecule has 3 rings (SSSR count). The van der Waals surface area contributed by atoms with E-state index in [0.717, 1.165) is 11.1 Å². The van der Waals surface area contributed by atoms with E-state index in [2.05, 4.69) is 26.8 Å². The fourth-order valence-electron chi connectivity index (χ4n) is 2.54. The van der Waals surface area contributed by atoms with E-state index < -0.39 is 5.56 Å². The van der Waals surface area contributed by atoms with Crippen LogP contribution in [0.3, 0.4) is 0 Å². The zero-order valence-electron chi connectivity index (χ0n) is 15.4. The highest BCUT2D eigenvalue weighted by molar-refractivity contribution is 6.32. The first-order valence-electron chi connectivity index (χ1n) is 8.46. The van der Waals surface area contributed by atoms with Crippen LogP contribution >= 0.6 is 11.6 Å². The van der Waals surface area contributed by atoms with Crippen LogP contribution in [0.5, 0.6) is 11.5 Å². The zero-order chi connectivity index (χ0) is 19.9. The van der Waals surface area contributed by atoms with E-state index in [9.17, 15) is 4.79 Å². The lowest BCUT2D eigenvalue weighted by molar-refractivity contribution is 0.284. The average Bonchev–Trinajstić information content (AvgIpc) is 2.70. The minimum atomic E-state index is -0.495. The summed E-state index contributed by atoms with van der Waals surface area (Å²) in [5, 5.41) is 10.0. The minimum Gasteiger partial charge on any atom is -0.493 e. The molecule has 0 saturated heterocycles. The Morgan fingerprint density at radius 1 is 1.29 bits per heavy atom. The number of ether oxygens (including phenoxy) is 2. The van der Waals surface area contributed by atoms with Crippen LogP contribution in [-0.2, 0) is 6.61 Å². The lowest BCUT2D eigenvalue weighted by Gasteiger charge is -2.13. The van der Waals surface area contributed by atoms with Gasteiger partial charge in [0.05, 0.1) is 19.5 Å². The van der Waals surface area contributed by atoms with E-state index in [4.69, 9.17) is 21.1 Å². The molecule has 8 heteroatoms. The third-order valence-electron chi connectivity index (χ3n) is 3.88. The topological polar surface area (TPSA) is 88.6 Å². The summed E-state index contributed by atoms with van der Waals surface area (Å²) < 4.78 is 11.4. The van der Waals surface area contributed by atoms with Gasteiger partial charge >= 0.3 is 0 Å². The third-order valence-corrected chi connectivity index (χ3v) is 4.25. The number of hydrogen-bond donors (Lipinski definition) is 2. The Hall–Kier alpha value is -3.32. The Labute approximate surface area is 167 Å². The molecular formula is C20H19ClN4O3. The molecule has 0 aliphatic carbocycles. The summed E-state index contributed by atoms with van der Waals surface area (Å²) in [6.07, 6.45) is 2.94. The van der Waals surface area contributed by atoms with E-state index in [1.54, 1.807) is 13.3 Å². The van der Waals surface area contributed by atoms with Gasteiger partial charge in [-0.15, -0.1) is 0 Å².